The van der Waals surface area contributed by atoms with Gasteiger partial charge in [0.15, 0.2) is 0 Å². The predicted molar refractivity (Wildman–Crippen MR) is 22.8 cm³/mol. The Kier molecular flexibility index (Phi) is 79.5. The van der Waals surface area contributed by atoms with E-state index in [1.807, 2.05) is 0 Å². The third kappa shape index (κ3) is 31.3. The van der Waals surface area contributed by atoms with E-state index in [0.29, 0.717) is 0 Å². The first kappa shape index (κ1) is 22.9. The third-order valence-corrected chi connectivity index (χ3v) is 0.600. The van der Waals surface area contributed by atoms with Crippen molar-refractivity contribution in [1.82, 2.24) is 0 Å². The number of hydrogen-bond donors (Lipinski definition) is 0. The van der Waals surface area contributed by atoms with Crippen LogP contribution in [0.2, 0.25) is 0 Å². The molecule has 0 saturated heterocycles. The molecular formula is Al2InN2OZn+7. The maximum absolute atomic E-state index is 3.24. The van der Waals surface area contributed by atoms with E-state index < -0.39 is 0 Å². The summed E-state index contributed by atoms with van der Waals surface area (Å²) in [6, 6.07) is 0. The molecular weight excluding hydrogens is 278 g/mol. The molecule has 7 heavy (non-hydrogen) atoms. The molecule has 0 aromatic carbocycles. The van der Waals surface area contributed by atoms with Gasteiger partial charge in [-0.05, 0) is 0 Å². The Morgan fingerprint density at radius 1 is 1.00 bits per heavy atom. The Hall–Kier alpha value is 2.12. The first-order chi connectivity index (χ1) is 1.91. The average Bonchev–Trinajstić information content (AvgIpc) is 1.37. The fourth-order valence-corrected chi connectivity index (χ4v) is 0. The van der Waals surface area contributed by atoms with Crippen molar-refractivity contribution in [3.8, 4) is 0 Å². The van der Waals surface area contributed by atoms with Crippen LogP contribution in [0.25, 0.3) is 0 Å². The van der Waals surface area contributed by atoms with Crippen molar-refractivity contribution >= 4 is 58.9 Å². The molecule has 0 heterocycles. The van der Waals surface area contributed by atoms with Gasteiger partial charge in [-0.1, -0.05) is 0 Å². The number of rotatable bonds is 0. The summed E-state index contributed by atoms with van der Waals surface area (Å²) < 4.78 is 6.48. The molecule has 0 aliphatic carbocycles. The van der Waals surface area contributed by atoms with E-state index in [2.05, 4.69) is 41.2 Å². The van der Waals surface area contributed by atoms with Gasteiger partial charge in [-0.25, -0.2) is 0 Å². The molecule has 0 atom stereocenters. The molecule has 0 aromatic heterocycles. The SMILES string of the molecule is [Al+2][N]=[N][Al+2].[In+3].[O-2].[Zn+2]. The molecule has 0 fully saturated rings. The molecule has 0 amide bonds. The van der Waals surface area contributed by atoms with E-state index in [1.165, 1.54) is 0 Å². The minimum Gasteiger partial charge on any atom is -2.00 e. The van der Waals surface area contributed by atoms with Crippen LogP contribution in [-0.4, -0.2) is 58.9 Å². The van der Waals surface area contributed by atoms with Crippen molar-refractivity contribution in [2.75, 3.05) is 0 Å². The Bertz CT molecular complexity index is 30.9. The largest absolute Gasteiger partial charge is 3.00 e. The van der Waals surface area contributed by atoms with Crippen LogP contribution in [-0.2, 0) is 25.0 Å². The van der Waals surface area contributed by atoms with Crippen LogP contribution in [0, 0.1) is 0 Å². The van der Waals surface area contributed by atoms with Crippen LogP contribution in [0.15, 0.2) is 8.20 Å². The van der Waals surface area contributed by atoms with Gasteiger partial charge >= 0.3 is 86.5 Å². The molecule has 0 radical (unpaired) electrons. The van der Waals surface area contributed by atoms with Crippen LogP contribution in [0.5, 0.6) is 0 Å². The standard InChI is InChI=1S/2Al.In.N2.O.Zn/c;;;1-2;;/q3*+3;2*-2;+2. The van der Waals surface area contributed by atoms with Crippen LogP contribution >= 0.6 is 0 Å². The van der Waals surface area contributed by atoms with E-state index in [-0.39, 0.29) is 50.8 Å². The quantitative estimate of drug-likeness (QED) is 0.407. The average molecular weight is 278 g/mol. The van der Waals surface area contributed by atoms with Gasteiger partial charge < -0.3 is 5.48 Å². The van der Waals surface area contributed by atoms with Gasteiger partial charge in [0.1, 0.15) is 0 Å². The molecule has 0 aliphatic heterocycles. The third-order valence-electron chi connectivity index (χ3n) is 0.0667. The van der Waals surface area contributed by atoms with Crippen LogP contribution in [0.3, 0.4) is 0 Å². The van der Waals surface area contributed by atoms with Crippen molar-refractivity contribution in [3.63, 3.8) is 0 Å². The molecule has 0 saturated carbocycles. The van der Waals surface area contributed by atoms with Crippen molar-refractivity contribution in [2.45, 2.75) is 0 Å². The van der Waals surface area contributed by atoms with Crippen molar-refractivity contribution in [3.05, 3.63) is 0 Å². The topological polar surface area (TPSA) is 53.2 Å². The first-order valence-electron chi connectivity index (χ1n) is 0.716. The summed E-state index contributed by atoms with van der Waals surface area (Å²) in [6.07, 6.45) is 0. The second-order valence-electron chi connectivity index (χ2n) is 0.231. The predicted octanol–water partition coefficient (Wildman–Crippen LogP) is -0.897. The van der Waals surface area contributed by atoms with Crippen molar-refractivity contribution in [2.24, 2.45) is 8.20 Å². The van der Waals surface area contributed by atoms with Crippen molar-refractivity contribution in [1.29, 1.82) is 0 Å². The Morgan fingerprint density at radius 2 is 1.14 bits per heavy atom. The molecule has 0 N–H and O–H groups in total. The second-order valence-corrected chi connectivity index (χ2v) is 0.693. The van der Waals surface area contributed by atoms with Gasteiger partial charge in [-0.2, -0.15) is 0 Å². The van der Waals surface area contributed by atoms with Gasteiger partial charge in [0.05, 0.1) is 0 Å². The van der Waals surface area contributed by atoms with Gasteiger partial charge in [0, 0.05) is 0 Å². The molecule has 0 aliphatic rings. The maximum atomic E-state index is 3.24. The smallest absolute Gasteiger partial charge is 2.00 e. The minimum atomic E-state index is 0. The summed E-state index contributed by atoms with van der Waals surface area (Å²) in [4.78, 5) is 0. The molecule has 0 aromatic rings. The fourth-order valence-electron chi connectivity index (χ4n) is 0. The summed E-state index contributed by atoms with van der Waals surface area (Å²) in [6.45, 7) is 0. The molecule has 0 unspecified atom stereocenters. The van der Waals surface area contributed by atoms with Crippen LogP contribution in [0.4, 0.5) is 0 Å². The summed E-state index contributed by atoms with van der Waals surface area (Å²) in [5.41, 5.74) is 0. The summed E-state index contributed by atoms with van der Waals surface area (Å²) in [5.74, 6) is 0. The first-order valence-corrected chi connectivity index (χ1v) is 1.75. The Morgan fingerprint density at radius 3 is 1.14 bits per heavy atom. The minimum absolute atomic E-state index is 0. The Labute approximate surface area is 90.9 Å². The van der Waals surface area contributed by atoms with Crippen molar-refractivity contribution < 1.29 is 25.0 Å². The zero-order valence-electron chi connectivity index (χ0n) is 3.74. The van der Waals surface area contributed by atoms with E-state index in [1.54, 1.807) is 0 Å². The number of hydrogen-bond acceptors (Lipinski definition) is 2. The number of nitrogens with zero attached hydrogens (tertiary/aromatic N) is 2. The monoisotopic (exact) mass is 277 g/mol. The molecule has 7 heteroatoms. The van der Waals surface area contributed by atoms with E-state index in [9.17, 15) is 0 Å². The summed E-state index contributed by atoms with van der Waals surface area (Å²) in [7, 11) is 0. The molecule has 3 nitrogen and oxygen atoms in total. The summed E-state index contributed by atoms with van der Waals surface area (Å²) >= 11 is 4.19. The molecule has 0 bridgehead atoms. The van der Waals surface area contributed by atoms with Crippen LogP contribution in [0.1, 0.15) is 0 Å². The zero-order valence-corrected chi connectivity index (χ0v) is 12.3. The van der Waals surface area contributed by atoms with E-state index >= 15 is 0 Å². The van der Waals surface area contributed by atoms with Gasteiger partial charge in [0.2, 0.25) is 0 Å². The van der Waals surface area contributed by atoms with Gasteiger partial charge in [-0.15, -0.1) is 0 Å². The van der Waals surface area contributed by atoms with Gasteiger partial charge in [0.25, 0.3) is 0 Å². The van der Waals surface area contributed by atoms with E-state index in [0.717, 1.165) is 0 Å². The molecule has 0 rings (SSSR count). The fraction of sp³-hybridized carbons (Fsp3) is 0. The summed E-state index contributed by atoms with van der Waals surface area (Å²) in [5, 5.41) is 0. The Balaban J connectivity index is -0.0000000150. The van der Waals surface area contributed by atoms with E-state index in [4.69, 9.17) is 0 Å². The normalized spacial score (nSPS) is 5.71. The zero-order chi connectivity index (χ0) is 3.41. The molecule has 20 valence electrons. The molecule has 0 spiro atoms. The van der Waals surface area contributed by atoms with Gasteiger partial charge in [-0.3, -0.25) is 0 Å². The van der Waals surface area contributed by atoms with Crippen LogP contribution < -0.4 is 0 Å². The second kappa shape index (κ2) is 24.3. The maximum Gasteiger partial charge on any atom is 3.00 e.